The number of nitrogens with zero attached hydrogens (tertiary/aromatic N) is 5. The summed E-state index contributed by atoms with van der Waals surface area (Å²) in [6.07, 6.45) is 1.32. The lowest BCUT2D eigenvalue weighted by molar-refractivity contribution is -0.151. The first-order valence-corrected chi connectivity index (χ1v) is 10.7. The largest absolute Gasteiger partial charge is 0.466 e. The van der Waals surface area contributed by atoms with E-state index in [1.807, 2.05) is 30.4 Å². The number of thioether (sulfide) groups is 1. The molecule has 1 unspecified atom stereocenters. The molecule has 3 rings (SSSR count). The van der Waals surface area contributed by atoms with Gasteiger partial charge in [-0.2, -0.15) is 0 Å². The Morgan fingerprint density at radius 2 is 1.89 bits per heavy atom. The fourth-order valence-electron chi connectivity index (χ4n) is 3.51. The predicted molar refractivity (Wildman–Crippen MR) is 105 cm³/mol. The molecule has 2 saturated heterocycles. The van der Waals surface area contributed by atoms with Gasteiger partial charge in [0.25, 0.3) is 0 Å². The number of anilines is 1. The third kappa shape index (κ3) is 4.78. The van der Waals surface area contributed by atoms with Gasteiger partial charge < -0.3 is 19.3 Å². The Morgan fingerprint density at radius 3 is 2.54 bits per heavy atom. The summed E-state index contributed by atoms with van der Waals surface area (Å²) in [7, 11) is 1.93. The lowest BCUT2D eigenvalue weighted by atomic mass is 9.97. The second kappa shape index (κ2) is 9.60. The summed E-state index contributed by atoms with van der Waals surface area (Å²) in [5.74, 6) is 0.637. The zero-order valence-electron chi connectivity index (χ0n) is 16.8. The van der Waals surface area contributed by atoms with Crippen molar-refractivity contribution in [2.24, 2.45) is 13.0 Å². The molecular formula is C18H29N5O4S. The second-order valence-electron chi connectivity index (χ2n) is 7.05. The first kappa shape index (κ1) is 20.9. The molecule has 0 aromatic carbocycles. The van der Waals surface area contributed by atoms with Crippen LogP contribution in [0.3, 0.4) is 0 Å². The van der Waals surface area contributed by atoms with Crippen LogP contribution >= 0.6 is 11.8 Å². The average Bonchev–Trinajstić information content (AvgIpc) is 3.08. The minimum Gasteiger partial charge on any atom is -0.466 e. The van der Waals surface area contributed by atoms with Crippen LogP contribution in [-0.2, 0) is 26.1 Å². The Morgan fingerprint density at radius 1 is 1.21 bits per heavy atom. The highest BCUT2D eigenvalue weighted by molar-refractivity contribution is 8.00. The van der Waals surface area contributed by atoms with Gasteiger partial charge in [-0.1, -0.05) is 11.8 Å². The van der Waals surface area contributed by atoms with Crippen molar-refractivity contribution in [1.29, 1.82) is 0 Å². The van der Waals surface area contributed by atoms with Crippen LogP contribution < -0.4 is 4.90 Å². The third-order valence-electron chi connectivity index (χ3n) is 5.16. The molecule has 0 bridgehead atoms. The molecule has 1 amide bonds. The van der Waals surface area contributed by atoms with Crippen molar-refractivity contribution in [3.8, 4) is 0 Å². The number of aromatic nitrogens is 3. The molecule has 1 aromatic rings. The van der Waals surface area contributed by atoms with Crippen LogP contribution in [0.25, 0.3) is 0 Å². The molecule has 9 nitrogen and oxygen atoms in total. The topological polar surface area (TPSA) is 89.8 Å². The van der Waals surface area contributed by atoms with Gasteiger partial charge >= 0.3 is 5.97 Å². The summed E-state index contributed by atoms with van der Waals surface area (Å²) in [6, 6.07) is 0. The summed E-state index contributed by atoms with van der Waals surface area (Å²) < 4.78 is 12.4. The number of hydrogen-bond donors (Lipinski definition) is 0. The number of ether oxygens (including phenoxy) is 2. The molecule has 0 spiro atoms. The number of esters is 1. The van der Waals surface area contributed by atoms with E-state index in [1.54, 1.807) is 0 Å². The molecule has 2 aliphatic rings. The number of carbonyl (C=O) groups excluding carboxylic acids is 2. The van der Waals surface area contributed by atoms with Crippen molar-refractivity contribution >= 4 is 29.6 Å². The average molecular weight is 412 g/mol. The van der Waals surface area contributed by atoms with Gasteiger partial charge in [0.2, 0.25) is 11.9 Å². The van der Waals surface area contributed by atoms with Gasteiger partial charge in [0.1, 0.15) is 0 Å². The van der Waals surface area contributed by atoms with Crippen molar-refractivity contribution in [2.75, 3.05) is 50.9 Å². The maximum Gasteiger partial charge on any atom is 0.309 e. The Balaban J connectivity index is 1.53. The van der Waals surface area contributed by atoms with Crippen LogP contribution in [0.2, 0.25) is 0 Å². The molecule has 156 valence electrons. The smallest absolute Gasteiger partial charge is 0.309 e. The minimum atomic E-state index is -0.264. The first-order chi connectivity index (χ1) is 13.5. The number of likely N-dealkylation sites (tertiary alicyclic amines) is 1. The highest BCUT2D eigenvalue weighted by atomic mass is 32.2. The molecule has 2 fully saturated rings. The molecule has 1 aromatic heterocycles. The lowest BCUT2D eigenvalue weighted by Crippen LogP contribution is -2.43. The second-order valence-corrected chi connectivity index (χ2v) is 8.36. The van der Waals surface area contributed by atoms with E-state index in [1.165, 1.54) is 11.8 Å². The molecule has 3 heterocycles. The molecule has 0 radical (unpaired) electrons. The van der Waals surface area contributed by atoms with Crippen LogP contribution in [-0.4, -0.2) is 82.8 Å². The van der Waals surface area contributed by atoms with E-state index in [4.69, 9.17) is 9.47 Å². The third-order valence-corrected chi connectivity index (χ3v) is 6.28. The molecule has 0 aliphatic carbocycles. The summed E-state index contributed by atoms with van der Waals surface area (Å²) in [5.41, 5.74) is 0. The number of rotatable bonds is 6. The summed E-state index contributed by atoms with van der Waals surface area (Å²) in [4.78, 5) is 28.7. The van der Waals surface area contributed by atoms with Gasteiger partial charge in [-0.05, 0) is 26.7 Å². The zero-order valence-corrected chi connectivity index (χ0v) is 17.6. The van der Waals surface area contributed by atoms with Crippen molar-refractivity contribution in [2.45, 2.75) is 37.1 Å². The Kier molecular flexibility index (Phi) is 7.17. The maximum atomic E-state index is 12.8. The molecule has 10 heteroatoms. The number of morpholine rings is 1. The fourth-order valence-corrected chi connectivity index (χ4v) is 4.40. The van der Waals surface area contributed by atoms with Crippen LogP contribution in [0.1, 0.15) is 26.7 Å². The Labute approximate surface area is 169 Å². The van der Waals surface area contributed by atoms with Crippen molar-refractivity contribution in [1.82, 2.24) is 19.7 Å². The van der Waals surface area contributed by atoms with E-state index in [2.05, 4.69) is 15.1 Å². The van der Waals surface area contributed by atoms with Crippen molar-refractivity contribution in [3.63, 3.8) is 0 Å². The maximum absolute atomic E-state index is 12.8. The van der Waals surface area contributed by atoms with Gasteiger partial charge in [-0.15, -0.1) is 10.2 Å². The molecule has 28 heavy (non-hydrogen) atoms. The number of hydrogen-bond acceptors (Lipinski definition) is 8. The van der Waals surface area contributed by atoms with E-state index in [-0.39, 0.29) is 23.0 Å². The SMILES string of the molecule is CCOC(=O)C1CCN(C(=O)C(C)Sc2nnc(N3CCOCC3)n2C)CC1. The van der Waals surface area contributed by atoms with Crippen molar-refractivity contribution in [3.05, 3.63) is 0 Å². The quantitative estimate of drug-likeness (QED) is 0.505. The summed E-state index contributed by atoms with van der Waals surface area (Å²) >= 11 is 1.42. The summed E-state index contributed by atoms with van der Waals surface area (Å²) in [5, 5.41) is 9.03. The standard InChI is InChI=1S/C18H29N5O4S/c1-4-27-16(25)14-5-7-22(8-6-14)15(24)13(2)28-18-20-19-17(21(18)3)23-9-11-26-12-10-23/h13-14H,4-12H2,1-3H3. The highest BCUT2D eigenvalue weighted by Gasteiger charge is 2.31. The van der Waals surface area contributed by atoms with E-state index < -0.39 is 0 Å². The first-order valence-electron chi connectivity index (χ1n) is 9.85. The van der Waals surface area contributed by atoms with Crippen LogP contribution in [0, 0.1) is 5.92 Å². The molecule has 0 saturated carbocycles. The van der Waals surface area contributed by atoms with Crippen molar-refractivity contribution < 1.29 is 19.1 Å². The van der Waals surface area contributed by atoms with E-state index >= 15 is 0 Å². The van der Waals surface area contributed by atoms with E-state index in [0.29, 0.717) is 45.8 Å². The van der Waals surface area contributed by atoms with E-state index in [0.717, 1.165) is 24.2 Å². The van der Waals surface area contributed by atoms with Gasteiger partial charge in [-0.25, -0.2) is 0 Å². The fraction of sp³-hybridized carbons (Fsp3) is 0.778. The monoisotopic (exact) mass is 411 g/mol. The number of carbonyl (C=O) groups is 2. The normalized spacial score (nSPS) is 19.5. The van der Waals surface area contributed by atoms with Gasteiger partial charge in [0.05, 0.1) is 31.0 Å². The molecule has 0 N–H and O–H groups in total. The number of amides is 1. The Bertz CT molecular complexity index is 684. The number of piperidine rings is 1. The van der Waals surface area contributed by atoms with Gasteiger partial charge in [0.15, 0.2) is 5.16 Å². The highest BCUT2D eigenvalue weighted by Crippen LogP contribution is 2.27. The zero-order chi connectivity index (χ0) is 20.1. The Hall–Kier alpha value is -1.81. The van der Waals surface area contributed by atoms with Crippen LogP contribution in [0.5, 0.6) is 0 Å². The molecular weight excluding hydrogens is 382 g/mol. The molecule has 2 aliphatic heterocycles. The van der Waals surface area contributed by atoms with Gasteiger partial charge in [-0.3, -0.25) is 14.2 Å². The molecule has 1 atom stereocenters. The van der Waals surface area contributed by atoms with Gasteiger partial charge in [0, 0.05) is 33.2 Å². The van der Waals surface area contributed by atoms with Crippen LogP contribution in [0.15, 0.2) is 5.16 Å². The lowest BCUT2D eigenvalue weighted by Gasteiger charge is -2.32. The summed E-state index contributed by atoms with van der Waals surface area (Å²) in [6.45, 7) is 8.24. The van der Waals surface area contributed by atoms with Crippen LogP contribution in [0.4, 0.5) is 5.95 Å². The predicted octanol–water partition coefficient (Wildman–Crippen LogP) is 0.934. The minimum absolute atomic E-state index is 0.0724. The van der Waals surface area contributed by atoms with E-state index in [9.17, 15) is 9.59 Å².